The highest BCUT2D eigenvalue weighted by molar-refractivity contribution is 6.09. The van der Waals surface area contributed by atoms with E-state index in [0.29, 0.717) is 11.3 Å². The van der Waals surface area contributed by atoms with Gasteiger partial charge >= 0.3 is 0 Å². The van der Waals surface area contributed by atoms with Gasteiger partial charge in [0, 0.05) is 17.0 Å². The van der Waals surface area contributed by atoms with Crippen molar-refractivity contribution < 1.29 is 9.53 Å². The molecule has 1 heterocycles. The van der Waals surface area contributed by atoms with E-state index in [4.69, 9.17) is 4.74 Å². The zero-order chi connectivity index (χ0) is 18.1. The highest BCUT2D eigenvalue weighted by atomic mass is 16.5. The summed E-state index contributed by atoms with van der Waals surface area (Å²) in [5.41, 5.74) is 2.28. The summed E-state index contributed by atoms with van der Waals surface area (Å²) >= 11 is 0. The van der Waals surface area contributed by atoms with Crippen LogP contribution in [-0.2, 0) is 0 Å². The van der Waals surface area contributed by atoms with Gasteiger partial charge in [-0.3, -0.25) is 9.59 Å². The zero-order valence-corrected chi connectivity index (χ0v) is 14.9. The molecule has 3 rings (SSSR count). The van der Waals surface area contributed by atoms with E-state index >= 15 is 0 Å². The molecule has 4 heteroatoms. The summed E-state index contributed by atoms with van der Waals surface area (Å²) in [4.78, 5) is 25.5. The first-order chi connectivity index (χ1) is 12.0. The number of hydrogen-bond donors (Lipinski definition) is 0. The maximum absolute atomic E-state index is 13.1. The SMILES string of the molecule is COc1ccc2c(c1)c(-c1ccccc1)c(C(C)=O)c(=O)n2C(C)C. The van der Waals surface area contributed by atoms with Gasteiger partial charge in [0.2, 0.25) is 0 Å². The second-order valence-corrected chi connectivity index (χ2v) is 6.32. The Bertz CT molecular complexity index is 1000. The van der Waals surface area contributed by atoms with Gasteiger partial charge < -0.3 is 9.30 Å². The Hall–Kier alpha value is -2.88. The van der Waals surface area contributed by atoms with Crippen molar-refractivity contribution in [3.8, 4) is 16.9 Å². The summed E-state index contributed by atoms with van der Waals surface area (Å²) in [5, 5.41) is 0.837. The van der Waals surface area contributed by atoms with Crippen LogP contribution in [0.5, 0.6) is 5.75 Å². The number of fused-ring (bicyclic) bond motifs is 1. The first kappa shape index (κ1) is 17.0. The monoisotopic (exact) mass is 335 g/mol. The van der Waals surface area contributed by atoms with Gasteiger partial charge in [-0.2, -0.15) is 0 Å². The number of pyridine rings is 1. The lowest BCUT2D eigenvalue weighted by Crippen LogP contribution is -2.28. The largest absolute Gasteiger partial charge is 0.497 e. The van der Waals surface area contributed by atoms with Gasteiger partial charge in [0.25, 0.3) is 5.56 Å². The Labute approximate surface area is 146 Å². The average molecular weight is 335 g/mol. The fraction of sp³-hybridized carbons (Fsp3) is 0.238. The van der Waals surface area contributed by atoms with E-state index in [1.165, 1.54) is 6.92 Å². The molecule has 0 N–H and O–H groups in total. The molecule has 0 atom stereocenters. The molecule has 0 saturated heterocycles. The zero-order valence-electron chi connectivity index (χ0n) is 14.9. The standard InChI is InChI=1S/C21H21NO3/c1-13(2)22-18-11-10-16(25-4)12-17(18)20(15-8-6-5-7-9-15)19(14(3)23)21(22)24/h5-13H,1-4H3. The van der Waals surface area contributed by atoms with Crippen LogP contribution in [0.3, 0.4) is 0 Å². The van der Waals surface area contributed by atoms with Crippen LogP contribution in [-0.4, -0.2) is 17.5 Å². The van der Waals surface area contributed by atoms with Gasteiger partial charge in [-0.05, 0) is 44.5 Å². The van der Waals surface area contributed by atoms with Crippen LogP contribution in [0.1, 0.15) is 37.2 Å². The second kappa shape index (κ2) is 6.55. The van der Waals surface area contributed by atoms with Crippen LogP contribution in [0.25, 0.3) is 22.0 Å². The Morgan fingerprint density at radius 1 is 1.08 bits per heavy atom. The number of benzene rings is 2. The number of nitrogens with zero attached hydrogens (tertiary/aromatic N) is 1. The molecule has 0 unspecified atom stereocenters. The van der Waals surface area contributed by atoms with Gasteiger partial charge in [0.15, 0.2) is 5.78 Å². The molecule has 2 aromatic carbocycles. The van der Waals surface area contributed by atoms with Crippen LogP contribution in [0, 0.1) is 0 Å². The fourth-order valence-electron chi connectivity index (χ4n) is 3.27. The van der Waals surface area contributed by atoms with Crippen LogP contribution < -0.4 is 10.3 Å². The van der Waals surface area contributed by atoms with Crippen molar-refractivity contribution >= 4 is 16.7 Å². The van der Waals surface area contributed by atoms with Crippen molar-refractivity contribution in [2.45, 2.75) is 26.8 Å². The van der Waals surface area contributed by atoms with E-state index in [1.807, 2.05) is 62.4 Å². The van der Waals surface area contributed by atoms with Gasteiger partial charge in [-0.15, -0.1) is 0 Å². The quantitative estimate of drug-likeness (QED) is 0.661. The summed E-state index contributed by atoms with van der Waals surface area (Å²) in [7, 11) is 1.60. The van der Waals surface area contributed by atoms with Crippen molar-refractivity contribution in [3.63, 3.8) is 0 Å². The fourth-order valence-corrected chi connectivity index (χ4v) is 3.27. The van der Waals surface area contributed by atoms with Crippen LogP contribution in [0.4, 0.5) is 0 Å². The lowest BCUT2D eigenvalue weighted by molar-refractivity contribution is 0.101. The number of Topliss-reactive ketones (excluding diaryl/α,β-unsaturated/α-hetero) is 1. The molecule has 128 valence electrons. The number of ketones is 1. The summed E-state index contributed by atoms with van der Waals surface area (Å²) < 4.78 is 7.05. The number of aromatic nitrogens is 1. The van der Waals surface area contributed by atoms with Gasteiger partial charge in [-0.1, -0.05) is 30.3 Å². The van der Waals surface area contributed by atoms with Crippen molar-refractivity contribution in [2.75, 3.05) is 7.11 Å². The third-order valence-corrected chi connectivity index (χ3v) is 4.35. The van der Waals surface area contributed by atoms with Crippen LogP contribution in [0.15, 0.2) is 53.3 Å². The van der Waals surface area contributed by atoms with Gasteiger partial charge in [-0.25, -0.2) is 0 Å². The Balaban J connectivity index is 2.59. The van der Waals surface area contributed by atoms with Crippen molar-refractivity contribution in [3.05, 3.63) is 64.4 Å². The molecule has 4 nitrogen and oxygen atoms in total. The molecule has 0 fully saturated rings. The lowest BCUT2D eigenvalue weighted by Gasteiger charge is -2.20. The summed E-state index contributed by atoms with van der Waals surface area (Å²) in [6.07, 6.45) is 0. The molecule has 1 aromatic heterocycles. The van der Waals surface area contributed by atoms with E-state index in [0.717, 1.165) is 16.5 Å². The number of hydrogen-bond acceptors (Lipinski definition) is 3. The average Bonchev–Trinajstić information content (AvgIpc) is 2.60. The number of ether oxygens (including phenoxy) is 1. The highest BCUT2D eigenvalue weighted by Crippen LogP contribution is 2.34. The molecule has 0 bridgehead atoms. The first-order valence-corrected chi connectivity index (χ1v) is 8.28. The molecule has 0 aliphatic carbocycles. The summed E-state index contributed by atoms with van der Waals surface area (Å²) in [6, 6.07) is 15.1. The predicted octanol–water partition coefficient (Wildman–Crippen LogP) is 4.46. The molecule has 0 spiro atoms. The smallest absolute Gasteiger partial charge is 0.262 e. The molecular weight excluding hydrogens is 314 g/mol. The maximum atomic E-state index is 13.1. The third kappa shape index (κ3) is 2.84. The molecule has 0 radical (unpaired) electrons. The van der Waals surface area contributed by atoms with Crippen LogP contribution in [0.2, 0.25) is 0 Å². The van der Waals surface area contributed by atoms with Gasteiger partial charge in [0.1, 0.15) is 5.75 Å². The molecular formula is C21H21NO3. The normalized spacial score (nSPS) is 11.1. The van der Waals surface area contributed by atoms with E-state index in [-0.39, 0.29) is 22.9 Å². The van der Waals surface area contributed by atoms with E-state index in [9.17, 15) is 9.59 Å². The van der Waals surface area contributed by atoms with E-state index in [2.05, 4.69) is 0 Å². The van der Waals surface area contributed by atoms with Crippen LogP contribution >= 0.6 is 0 Å². The minimum absolute atomic E-state index is 0.0636. The van der Waals surface area contributed by atoms with Crippen molar-refractivity contribution in [2.24, 2.45) is 0 Å². The van der Waals surface area contributed by atoms with Crippen molar-refractivity contribution in [1.82, 2.24) is 4.57 Å². The van der Waals surface area contributed by atoms with Crippen molar-refractivity contribution in [1.29, 1.82) is 0 Å². The van der Waals surface area contributed by atoms with E-state index in [1.54, 1.807) is 11.7 Å². The number of methoxy groups -OCH3 is 1. The molecule has 0 aliphatic heterocycles. The topological polar surface area (TPSA) is 48.3 Å². The molecule has 0 aliphatic rings. The minimum Gasteiger partial charge on any atom is -0.497 e. The Morgan fingerprint density at radius 2 is 1.76 bits per heavy atom. The Morgan fingerprint density at radius 3 is 2.32 bits per heavy atom. The summed E-state index contributed by atoms with van der Waals surface area (Å²) in [6.45, 7) is 5.33. The number of rotatable bonds is 4. The van der Waals surface area contributed by atoms with Gasteiger partial charge in [0.05, 0.1) is 18.2 Å². The van der Waals surface area contributed by atoms with E-state index < -0.39 is 0 Å². The second-order valence-electron chi connectivity index (χ2n) is 6.32. The number of carbonyl (C=O) groups excluding carboxylic acids is 1. The Kier molecular flexibility index (Phi) is 4.45. The maximum Gasteiger partial charge on any atom is 0.262 e. The molecule has 25 heavy (non-hydrogen) atoms. The number of carbonyl (C=O) groups is 1. The molecule has 3 aromatic rings. The highest BCUT2D eigenvalue weighted by Gasteiger charge is 2.22. The summed E-state index contributed by atoms with van der Waals surface area (Å²) in [5.74, 6) is 0.455. The first-order valence-electron chi connectivity index (χ1n) is 8.28. The lowest BCUT2D eigenvalue weighted by atomic mass is 9.93. The predicted molar refractivity (Wildman–Crippen MR) is 101 cm³/mol. The minimum atomic E-state index is -0.251. The third-order valence-electron chi connectivity index (χ3n) is 4.35. The molecule has 0 saturated carbocycles. The molecule has 0 amide bonds.